The lowest BCUT2D eigenvalue weighted by atomic mass is 10.2. The number of halogens is 2. The van der Waals surface area contributed by atoms with Crippen LogP contribution < -0.4 is 11.4 Å². The lowest BCUT2D eigenvalue weighted by Gasteiger charge is -2.14. The van der Waals surface area contributed by atoms with Crippen molar-refractivity contribution < 1.29 is 18.7 Å². The Labute approximate surface area is 145 Å². The Hall–Kier alpha value is -2.39. The minimum Gasteiger partial charge on any atom is -0.459 e. The number of hydrogen-bond donors (Lipinski definition) is 0. The Balaban J connectivity index is 2.19. The number of carbonyl (C=O) groups excluding carboxylic acids is 1. The summed E-state index contributed by atoms with van der Waals surface area (Å²) < 4.78 is 27.4. The molecular weight excluding hydrogens is 357 g/mol. The Bertz CT molecular complexity index is 922. The Morgan fingerprint density at radius 3 is 2.60 bits per heavy atom. The van der Waals surface area contributed by atoms with E-state index in [1.54, 1.807) is 13.8 Å². The van der Waals surface area contributed by atoms with E-state index in [4.69, 9.17) is 21.1 Å². The van der Waals surface area contributed by atoms with E-state index in [2.05, 4.69) is 0 Å². The monoisotopic (exact) mass is 371 g/mol. The van der Waals surface area contributed by atoms with Crippen molar-refractivity contribution in [2.75, 3.05) is 6.61 Å². The molecule has 0 N–H and O–H groups in total. The van der Waals surface area contributed by atoms with Crippen LogP contribution >= 0.6 is 11.6 Å². The van der Waals surface area contributed by atoms with Crippen molar-refractivity contribution in [2.45, 2.75) is 33.2 Å². The van der Waals surface area contributed by atoms with Crippen molar-refractivity contribution in [3.8, 4) is 5.69 Å². The Morgan fingerprint density at radius 1 is 1.28 bits per heavy atom. The van der Waals surface area contributed by atoms with Crippen molar-refractivity contribution >= 4 is 17.6 Å². The molecule has 1 aliphatic heterocycles. The first-order valence-corrected chi connectivity index (χ1v) is 7.90. The summed E-state index contributed by atoms with van der Waals surface area (Å²) in [6.07, 6.45) is -0.413. The Kier molecular flexibility index (Phi) is 4.53. The first kappa shape index (κ1) is 17.4. The van der Waals surface area contributed by atoms with Crippen LogP contribution in [0, 0.1) is 5.82 Å². The normalized spacial score (nSPS) is 13.8. The highest BCUT2D eigenvalue weighted by atomic mass is 35.5. The zero-order valence-electron chi connectivity index (χ0n) is 13.5. The largest absolute Gasteiger partial charge is 0.459 e. The van der Waals surface area contributed by atoms with Gasteiger partial charge in [-0.15, -0.1) is 0 Å². The predicted octanol–water partition coefficient (Wildman–Crippen LogP) is 1.15. The van der Waals surface area contributed by atoms with Gasteiger partial charge in [-0.1, -0.05) is 11.6 Å². The van der Waals surface area contributed by atoms with Gasteiger partial charge in [-0.2, -0.15) is 0 Å². The summed E-state index contributed by atoms with van der Waals surface area (Å²) in [6.45, 7) is 3.61. The first-order valence-electron chi connectivity index (χ1n) is 7.52. The van der Waals surface area contributed by atoms with Gasteiger partial charge in [0.1, 0.15) is 12.5 Å². The van der Waals surface area contributed by atoms with E-state index in [1.165, 1.54) is 0 Å². The minimum absolute atomic E-state index is 0.113. The van der Waals surface area contributed by atoms with Gasteiger partial charge in [0.05, 0.1) is 35.5 Å². The molecule has 1 aromatic carbocycles. The average Bonchev–Trinajstić information content (AvgIpc) is 2.79. The van der Waals surface area contributed by atoms with Gasteiger partial charge < -0.3 is 9.47 Å². The third-order valence-corrected chi connectivity index (χ3v) is 3.93. The summed E-state index contributed by atoms with van der Waals surface area (Å²) in [5, 5.41) is -0.174. The molecular formula is C15H15ClFN3O5. The number of hydrogen-bond acceptors (Lipinski definition) is 5. The predicted molar refractivity (Wildman–Crippen MR) is 85.8 cm³/mol. The van der Waals surface area contributed by atoms with Crippen LogP contribution in [0.25, 0.3) is 5.69 Å². The standard InChI is InChI=1S/C15H15ClFN3O5/c1-8(2)25-13(21)9-5-12(11(17)6-10(9)16)20-14(22)18-3-4-24-7-19(18)15(20)23/h5-6,8H,3-4,7H2,1-2H3. The van der Waals surface area contributed by atoms with Gasteiger partial charge in [-0.25, -0.2) is 32.7 Å². The van der Waals surface area contributed by atoms with Crippen molar-refractivity contribution in [1.29, 1.82) is 0 Å². The summed E-state index contributed by atoms with van der Waals surface area (Å²) in [5.41, 5.74) is -2.00. The zero-order chi connectivity index (χ0) is 18.3. The fraction of sp³-hybridized carbons (Fsp3) is 0.400. The van der Waals surface area contributed by atoms with Gasteiger partial charge in [-0.05, 0) is 26.0 Å². The molecule has 134 valence electrons. The molecule has 8 nitrogen and oxygen atoms in total. The Morgan fingerprint density at radius 2 is 1.96 bits per heavy atom. The third-order valence-electron chi connectivity index (χ3n) is 3.62. The number of nitrogens with zero attached hydrogens (tertiary/aromatic N) is 3. The topological polar surface area (TPSA) is 84.5 Å². The molecule has 0 saturated carbocycles. The molecule has 0 radical (unpaired) electrons. The maximum absolute atomic E-state index is 14.4. The summed E-state index contributed by atoms with van der Waals surface area (Å²) in [5.74, 6) is -1.68. The number of rotatable bonds is 3. The lowest BCUT2D eigenvalue weighted by Crippen LogP contribution is -2.33. The van der Waals surface area contributed by atoms with E-state index in [0.29, 0.717) is 4.57 Å². The van der Waals surface area contributed by atoms with Crippen LogP contribution in [0.4, 0.5) is 4.39 Å². The van der Waals surface area contributed by atoms with E-state index >= 15 is 0 Å². The molecule has 0 bridgehead atoms. The van der Waals surface area contributed by atoms with Gasteiger partial charge in [0.25, 0.3) is 0 Å². The molecule has 25 heavy (non-hydrogen) atoms. The van der Waals surface area contributed by atoms with Crippen LogP contribution in [0.1, 0.15) is 24.2 Å². The van der Waals surface area contributed by atoms with E-state index in [9.17, 15) is 18.8 Å². The molecule has 0 aliphatic carbocycles. The molecule has 2 heterocycles. The fourth-order valence-corrected chi connectivity index (χ4v) is 2.74. The first-order chi connectivity index (χ1) is 11.8. The summed E-state index contributed by atoms with van der Waals surface area (Å²) in [7, 11) is 0. The molecule has 1 aromatic heterocycles. The SMILES string of the molecule is CC(C)OC(=O)c1cc(-n2c(=O)n3n(c2=O)COCC3)c(F)cc1Cl. The summed E-state index contributed by atoms with van der Waals surface area (Å²) in [6, 6.07) is 1.91. The molecule has 1 aliphatic rings. The van der Waals surface area contributed by atoms with Gasteiger partial charge in [0.2, 0.25) is 0 Å². The highest BCUT2D eigenvalue weighted by molar-refractivity contribution is 6.33. The van der Waals surface area contributed by atoms with Gasteiger partial charge in [0, 0.05) is 0 Å². The van der Waals surface area contributed by atoms with Crippen molar-refractivity contribution in [1.82, 2.24) is 13.9 Å². The van der Waals surface area contributed by atoms with Crippen molar-refractivity contribution in [3.05, 3.63) is 49.5 Å². The van der Waals surface area contributed by atoms with E-state index in [-0.39, 0.29) is 36.2 Å². The molecule has 0 amide bonds. The third kappa shape index (κ3) is 3.00. The lowest BCUT2D eigenvalue weighted by molar-refractivity contribution is 0.0119. The van der Waals surface area contributed by atoms with Gasteiger partial charge in [0.15, 0.2) is 0 Å². The van der Waals surface area contributed by atoms with Crippen LogP contribution in [0.2, 0.25) is 5.02 Å². The molecule has 0 fully saturated rings. The highest BCUT2D eigenvalue weighted by Gasteiger charge is 2.24. The maximum Gasteiger partial charge on any atom is 0.354 e. The number of carbonyl (C=O) groups is 1. The van der Waals surface area contributed by atoms with Crippen LogP contribution in [0.3, 0.4) is 0 Å². The van der Waals surface area contributed by atoms with Crippen LogP contribution in [-0.4, -0.2) is 32.6 Å². The van der Waals surface area contributed by atoms with Gasteiger partial charge in [-0.3, -0.25) is 0 Å². The van der Waals surface area contributed by atoms with Crippen LogP contribution in [-0.2, 0) is 22.7 Å². The molecule has 0 spiro atoms. The molecule has 0 atom stereocenters. The van der Waals surface area contributed by atoms with E-state index in [0.717, 1.165) is 21.5 Å². The smallest absolute Gasteiger partial charge is 0.354 e. The average molecular weight is 372 g/mol. The van der Waals surface area contributed by atoms with Crippen molar-refractivity contribution in [3.63, 3.8) is 0 Å². The van der Waals surface area contributed by atoms with Crippen LogP contribution in [0.15, 0.2) is 21.7 Å². The molecule has 10 heteroatoms. The number of esters is 1. The fourth-order valence-electron chi connectivity index (χ4n) is 2.51. The van der Waals surface area contributed by atoms with Crippen LogP contribution in [0.5, 0.6) is 0 Å². The molecule has 0 unspecified atom stereocenters. The molecule has 0 saturated heterocycles. The van der Waals surface area contributed by atoms with E-state index in [1.807, 2.05) is 0 Å². The quantitative estimate of drug-likeness (QED) is 0.755. The number of aromatic nitrogens is 3. The second-order valence-corrected chi connectivity index (χ2v) is 6.11. The van der Waals surface area contributed by atoms with Crippen molar-refractivity contribution in [2.24, 2.45) is 0 Å². The second kappa shape index (κ2) is 6.49. The van der Waals surface area contributed by atoms with E-state index < -0.39 is 29.3 Å². The highest BCUT2D eigenvalue weighted by Crippen LogP contribution is 2.23. The second-order valence-electron chi connectivity index (χ2n) is 5.70. The minimum atomic E-state index is -0.908. The summed E-state index contributed by atoms with van der Waals surface area (Å²) >= 11 is 5.91. The number of ether oxygens (including phenoxy) is 2. The van der Waals surface area contributed by atoms with Gasteiger partial charge >= 0.3 is 17.3 Å². The zero-order valence-corrected chi connectivity index (χ0v) is 14.2. The number of fused-ring (bicyclic) bond motifs is 1. The summed E-state index contributed by atoms with van der Waals surface area (Å²) in [4.78, 5) is 37.0. The molecule has 3 rings (SSSR count). The maximum atomic E-state index is 14.4. The number of benzene rings is 1. The molecule has 2 aromatic rings.